The Bertz CT molecular complexity index is 1250. The van der Waals surface area contributed by atoms with Gasteiger partial charge in [0.05, 0.1) is 11.6 Å². The molecule has 0 bridgehead atoms. The lowest BCUT2D eigenvalue weighted by atomic mass is 10.0. The summed E-state index contributed by atoms with van der Waals surface area (Å²) in [5.41, 5.74) is 2.87. The van der Waals surface area contributed by atoms with Gasteiger partial charge in [-0.1, -0.05) is 48.5 Å². The van der Waals surface area contributed by atoms with Gasteiger partial charge in [-0.3, -0.25) is 9.59 Å². The summed E-state index contributed by atoms with van der Waals surface area (Å²) in [5, 5.41) is 2.99. The first-order chi connectivity index (χ1) is 15.7. The number of carbonyl (C=O) groups is 2. The van der Waals surface area contributed by atoms with Gasteiger partial charge >= 0.3 is 0 Å². The van der Waals surface area contributed by atoms with Gasteiger partial charge in [-0.25, -0.2) is 0 Å². The summed E-state index contributed by atoms with van der Waals surface area (Å²) >= 11 is 0. The number of ketones is 1. The van der Waals surface area contributed by atoms with Crippen molar-refractivity contribution in [2.24, 2.45) is 0 Å². The maximum Gasteiger partial charge on any atom is 0.233 e. The van der Waals surface area contributed by atoms with Crippen LogP contribution in [0.3, 0.4) is 0 Å². The van der Waals surface area contributed by atoms with Gasteiger partial charge in [-0.2, -0.15) is 0 Å². The predicted molar refractivity (Wildman–Crippen MR) is 123 cm³/mol. The normalized spacial score (nSPS) is 14.6. The van der Waals surface area contributed by atoms with Crippen LogP contribution in [0, 0.1) is 0 Å². The number of amides is 1. The van der Waals surface area contributed by atoms with Crippen LogP contribution >= 0.6 is 0 Å². The number of aromatic nitrogens is 1. The monoisotopic (exact) mass is 422 g/mol. The molecule has 0 spiro atoms. The molecule has 0 unspecified atom stereocenters. The summed E-state index contributed by atoms with van der Waals surface area (Å²) in [6.45, 7) is 0.651. The molecule has 5 rings (SSSR count). The molecule has 1 atom stereocenters. The van der Waals surface area contributed by atoms with Gasteiger partial charge in [0.2, 0.25) is 11.7 Å². The zero-order chi connectivity index (χ0) is 21.9. The first-order valence-corrected chi connectivity index (χ1v) is 10.6. The average Bonchev–Trinajstić information content (AvgIpc) is 3.44. The van der Waals surface area contributed by atoms with E-state index in [4.69, 9.17) is 4.74 Å². The number of hydrogen-bond acceptors (Lipinski definition) is 3. The molecule has 1 N–H and O–H groups in total. The molecule has 2 heterocycles. The molecule has 1 aromatic heterocycles. The second-order valence-electron chi connectivity index (χ2n) is 7.76. The molecule has 0 radical (unpaired) electrons. The number of hydrogen-bond donors (Lipinski definition) is 1. The van der Waals surface area contributed by atoms with E-state index >= 15 is 0 Å². The molecule has 0 aliphatic carbocycles. The third-order valence-electron chi connectivity index (χ3n) is 5.70. The van der Waals surface area contributed by atoms with Crippen LogP contribution in [0.1, 0.15) is 34.1 Å². The largest absolute Gasteiger partial charge is 0.457 e. The van der Waals surface area contributed by atoms with E-state index in [9.17, 15) is 9.59 Å². The first kappa shape index (κ1) is 19.8. The Morgan fingerprint density at radius 2 is 1.44 bits per heavy atom. The lowest BCUT2D eigenvalue weighted by molar-refractivity contribution is -0.117. The van der Waals surface area contributed by atoms with Crippen LogP contribution in [0.15, 0.2) is 97.1 Å². The Morgan fingerprint density at radius 3 is 2.16 bits per heavy atom. The van der Waals surface area contributed by atoms with Crippen LogP contribution in [0.25, 0.3) is 0 Å². The van der Waals surface area contributed by atoms with E-state index in [1.165, 1.54) is 0 Å². The van der Waals surface area contributed by atoms with E-state index in [2.05, 4.69) is 5.32 Å². The molecule has 1 aliphatic rings. The van der Waals surface area contributed by atoms with Crippen molar-refractivity contribution < 1.29 is 14.3 Å². The standard InChI is InChI=1S/C27H22N2O3/c30-26(19-7-3-1-4-8-19)25-16-15-24-23(17-18-29(24)25)27(31)28-20-11-13-22(14-12-20)32-21-9-5-2-6-10-21/h1-16,23H,17-18H2,(H,28,31)/t23-/m1/s1. The van der Waals surface area contributed by atoms with Gasteiger partial charge in [-0.05, 0) is 55.0 Å². The molecule has 4 aromatic rings. The fraction of sp³-hybridized carbons (Fsp3) is 0.111. The molecule has 3 aromatic carbocycles. The first-order valence-electron chi connectivity index (χ1n) is 10.6. The van der Waals surface area contributed by atoms with E-state index in [-0.39, 0.29) is 17.6 Å². The fourth-order valence-corrected chi connectivity index (χ4v) is 4.10. The Balaban J connectivity index is 1.27. The zero-order valence-electron chi connectivity index (χ0n) is 17.4. The molecule has 0 fully saturated rings. The maximum absolute atomic E-state index is 13.0. The molecule has 0 saturated heterocycles. The predicted octanol–water partition coefficient (Wildman–Crippen LogP) is 5.64. The highest BCUT2D eigenvalue weighted by Crippen LogP contribution is 2.32. The van der Waals surface area contributed by atoms with Gasteiger partial charge in [0.25, 0.3) is 0 Å². The van der Waals surface area contributed by atoms with Gasteiger partial charge in [-0.15, -0.1) is 0 Å². The molecule has 0 saturated carbocycles. The highest BCUT2D eigenvalue weighted by molar-refractivity contribution is 6.08. The van der Waals surface area contributed by atoms with Crippen LogP contribution in [-0.2, 0) is 11.3 Å². The van der Waals surface area contributed by atoms with Crippen LogP contribution in [0.2, 0.25) is 0 Å². The number of nitrogens with zero attached hydrogens (tertiary/aromatic N) is 1. The minimum Gasteiger partial charge on any atom is -0.457 e. The van der Waals surface area contributed by atoms with Gasteiger partial charge in [0, 0.05) is 23.5 Å². The Hall–Kier alpha value is -4.12. The summed E-state index contributed by atoms with van der Waals surface area (Å²) in [6, 6.07) is 29.8. The Labute approximate surface area is 186 Å². The second kappa shape index (κ2) is 8.55. The summed E-state index contributed by atoms with van der Waals surface area (Å²) < 4.78 is 7.77. The van der Waals surface area contributed by atoms with Gasteiger partial charge < -0.3 is 14.6 Å². The van der Waals surface area contributed by atoms with Crippen molar-refractivity contribution in [2.75, 3.05) is 5.32 Å². The van der Waals surface area contributed by atoms with Crippen molar-refractivity contribution >= 4 is 17.4 Å². The second-order valence-corrected chi connectivity index (χ2v) is 7.76. The number of anilines is 1. The van der Waals surface area contributed by atoms with E-state index in [1.54, 1.807) is 0 Å². The van der Waals surface area contributed by atoms with Crippen LogP contribution in [-0.4, -0.2) is 16.3 Å². The van der Waals surface area contributed by atoms with E-state index in [0.29, 0.717) is 35.7 Å². The quantitative estimate of drug-likeness (QED) is 0.409. The number of para-hydroxylation sites is 1. The average molecular weight is 422 g/mol. The summed E-state index contributed by atoms with van der Waals surface area (Å²) in [6.07, 6.45) is 0.673. The minimum atomic E-state index is -0.285. The lowest BCUT2D eigenvalue weighted by Crippen LogP contribution is -2.19. The molecular formula is C27H22N2O3. The maximum atomic E-state index is 13.0. The van der Waals surface area contributed by atoms with Crippen molar-refractivity contribution in [3.63, 3.8) is 0 Å². The fourth-order valence-electron chi connectivity index (χ4n) is 4.10. The van der Waals surface area contributed by atoms with E-state index < -0.39 is 0 Å². The zero-order valence-corrected chi connectivity index (χ0v) is 17.4. The third-order valence-corrected chi connectivity index (χ3v) is 5.70. The summed E-state index contributed by atoms with van der Waals surface area (Å²) in [7, 11) is 0. The Morgan fingerprint density at radius 1 is 0.781 bits per heavy atom. The molecule has 1 amide bonds. The molecule has 5 heteroatoms. The third kappa shape index (κ3) is 3.93. The molecule has 1 aliphatic heterocycles. The highest BCUT2D eigenvalue weighted by Gasteiger charge is 2.32. The topological polar surface area (TPSA) is 60.3 Å². The van der Waals surface area contributed by atoms with E-state index in [1.807, 2.05) is 102 Å². The number of carbonyl (C=O) groups excluding carboxylic acids is 2. The van der Waals surface area contributed by atoms with Gasteiger partial charge in [0.15, 0.2) is 0 Å². The number of benzene rings is 3. The molecule has 5 nitrogen and oxygen atoms in total. The van der Waals surface area contributed by atoms with Crippen molar-refractivity contribution in [1.82, 2.24) is 4.57 Å². The number of nitrogens with one attached hydrogen (secondary N) is 1. The van der Waals surface area contributed by atoms with Crippen molar-refractivity contribution in [3.05, 3.63) is 114 Å². The smallest absolute Gasteiger partial charge is 0.233 e. The molecule has 158 valence electrons. The lowest BCUT2D eigenvalue weighted by Gasteiger charge is -2.12. The van der Waals surface area contributed by atoms with Crippen molar-refractivity contribution in [3.8, 4) is 11.5 Å². The minimum absolute atomic E-state index is 0.0214. The van der Waals surface area contributed by atoms with Crippen molar-refractivity contribution in [2.45, 2.75) is 18.9 Å². The van der Waals surface area contributed by atoms with Crippen LogP contribution < -0.4 is 10.1 Å². The van der Waals surface area contributed by atoms with Crippen molar-refractivity contribution in [1.29, 1.82) is 0 Å². The SMILES string of the molecule is O=C(c1ccccc1)c1ccc2n1CC[C@H]2C(=O)Nc1ccc(Oc2ccccc2)cc1. The molecule has 32 heavy (non-hydrogen) atoms. The summed E-state index contributed by atoms with van der Waals surface area (Å²) in [4.78, 5) is 25.8. The van der Waals surface area contributed by atoms with Crippen LogP contribution in [0.4, 0.5) is 5.69 Å². The highest BCUT2D eigenvalue weighted by atomic mass is 16.5. The number of fused-ring (bicyclic) bond motifs is 1. The Kier molecular flexibility index (Phi) is 5.30. The van der Waals surface area contributed by atoms with E-state index in [0.717, 1.165) is 11.4 Å². The molecular weight excluding hydrogens is 400 g/mol. The van der Waals surface area contributed by atoms with Gasteiger partial charge in [0.1, 0.15) is 11.5 Å². The summed E-state index contributed by atoms with van der Waals surface area (Å²) in [5.74, 6) is 1.08. The number of ether oxygens (including phenoxy) is 1. The van der Waals surface area contributed by atoms with Crippen LogP contribution in [0.5, 0.6) is 11.5 Å². The number of rotatable bonds is 6.